The van der Waals surface area contributed by atoms with Gasteiger partial charge in [0.1, 0.15) is 17.8 Å². The zero-order chi connectivity index (χ0) is 18.7. The Labute approximate surface area is 155 Å². The van der Waals surface area contributed by atoms with E-state index >= 15 is 0 Å². The second-order valence-electron chi connectivity index (χ2n) is 5.97. The number of hydrogen-bond donors (Lipinski definition) is 1. The van der Waals surface area contributed by atoms with Gasteiger partial charge in [-0.1, -0.05) is 11.6 Å². The molecule has 0 fully saturated rings. The molecule has 0 radical (unpaired) electrons. The molecule has 138 valence electrons. The molecule has 1 aromatic carbocycles. The lowest BCUT2D eigenvalue weighted by Gasteiger charge is -2.34. The van der Waals surface area contributed by atoms with E-state index in [1.807, 2.05) is 0 Å². The van der Waals surface area contributed by atoms with Crippen molar-refractivity contribution < 1.29 is 27.4 Å². The molecule has 1 aromatic heterocycles. The van der Waals surface area contributed by atoms with Gasteiger partial charge >= 0.3 is 6.18 Å². The van der Waals surface area contributed by atoms with Gasteiger partial charge in [0, 0.05) is 10.4 Å². The number of benzene rings is 1. The van der Waals surface area contributed by atoms with Crippen LogP contribution in [0, 0.1) is 0 Å². The molecule has 0 bridgehead atoms. The molecule has 2 aromatic rings. The fourth-order valence-corrected chi connectivity index (χ4v) is 4.97. The highest BCUT2D eigenvalue weighted by Gasteiger charge is 2.51. The molecule has 0 aliphatic carbocycles. The molecule has 2 unspecified atom stereocenters. The molecule has 5 nitrogen and oxygen atoms in total. The summed E-state index contributed by atoms with van der Waals surface area (Å²) in [6.45, 7) is 0.0938. The normalized spacial score (nSPS) is 23.1. The average molecular weight is 423 g/mol. The third-order valence-electron chi connectivity index (χ3n) is 4.40. The van der Waals surface area contributed by atoms with E-state index in [1.165, 1.54) is 17.4 Å². The molecule has 0 saturated carbocycles. The van der Waals surface area contributed by atoms with E-state index in [9.17, 15) is 22.6 Å². The van der Waals surface area contributed by atoms with Gasteiger partial charge in [0.05, 0.1) is 22.2 Å². The Morgan fingerprint density at radius 2 is 2.12 bits per heavy atom. The molecule has 26 heavy (non-hydrogen) atoms. The maximum Gasteiger partial charge on any atom is 0.416 e. The minimum Gasteiger partial charge on any atom is -0.491 e. The quantitative estimate of drug-likeness (QED) is 0.738. The Bertz CT molecular complexity index is 948. The van der Waals surface area contributed by atoms with Crippen LogP contribution in [0.15, 0.2) is 35.4 Å². The molecule has 4 rings (SSSR count). The maximum atomic E-state index is 13.0. The van der Waals surface area contributed by atoms with Crippen LogP contribution in [-0.4, -0.2) is 28.5 Å². The highest BCUT2D eigenvalue weighted by atomic mass is 35.5. The summed E-state index contributed by atoms with van der Waals surface area (Å²) in [7, 11) is -3.11. The Hall–Kier alpha value is -1.54. The SMILES string of the molecule is O=[PH](O)N1CC2(c3ccc(Cl)s3)COc3cc(C(F)(F)F)ccc3C2=N1. The fourth-order valence-electron chi connectivity index (χ4n) is 3.17. The molecule has 11 heteroatoms. The third-order valence-corrected chi connectivity index (χ3v) is 6.53. The number of halogens is 4. The van der Waals surface area contributed by atoms with E-state index < -0.39 is 25.3 Å². The zero-order valence-electron chi connectivity index (χ0n) is 12.9. The summed E-state index contributed by atoms with van der Waals surface area (Å²) in [6.07, 6.45) is -4.49. The van der Waals surface area contributed by atoms with Crippen molar-refractivity contribution in [1.82, 2.24) is 4.78 Å². The van der Waals surface area contributed by atoms with E-state index in [-0.39, 0.29) is 18.9 Å². The Morgan fingerprint density at radius 1 is 1.35 bits per heavy atom. The molecular formula is C15H11ClF3N2O3PS. The Balaban J connectivity index is 1.87. The maximum absolute atomic E-state index is 13.0. The van der Waals surface area contributed by atoms with Crippen LogP contribution in [0.1, 0.15) is 16.0 Å². The topological polar surface area (TPSA) is 62.1 Å². The molecule has 2 atom stereocenters. The summed E-state index contributed by atoms with van der Waals surface area (Å²) in [4.78, 5) is 10.3. The molecule has 2 aliphatic heterocycles. The fraction of sp³-hybridized carbons (Fsp3) is 0.267. The van der Waals surface area contributed by atoms with Crippen molar-refractivity contribution in [3.05, 3.63) is 50.7 Å². The van der Waals surface area contributed by atoms with E-state index in [0.717, 1.165) is 21.8 Å². The van der Waals surface area contributed by atoms with Gasteiger partial charge in [-0.05, 0) is 30.3 Å². The Kier molecular flexibility index (Phi) is 4.11. The number of hydrogen-bond acceptors (Lipinski definition) is 4. The number of thiophene rings is 1. The lowest BCUT2D eigenvalue weighted by molar-refractivity contribution is -0.137. The lowest BCUT2D eigenvalue weighted by Crippen LogP contribution is -2.46. The van der Waals surface area contributed by atoms with Crippen LogP contribution in [0.5, 0.6) is 5.75 Å². The summed E-state index contributed by atoms with van der Waals surface area (Å²) in [5.41, 5.74) is -0.889. The van der Waals surface area contributed by atoms with E-state index in [0.29, 0.717) is 15.6 Å². The van der Waals surface area contributed by atoms with Crippen LogP contribution >= 0.6 is 31.1 Å². The Morgan fingerprint density at radius 3 is 2.73 bits per heavy atom. The molecule has 1 N–H and O–H groups in total. The monoisotopic (exact) mass is 422 g/mol. The van der Waals surface area contributed by atoms with Crippen LogP contribution in [0.2, 0.25) is 4.34 Å². The van der Waals surface area contributed by atoms with E-state index in [4.69, 9.17) is 16.3 Å². The number of rotatable bonds is 2. The zero-order valence-corrected chi connectivity index (χ0v) is 15.5. The van der Waals surface area contributed by atoms with Gasteiger partial charge < -0.3 is 9.63 Å². The smallest absolute Gasteiger partial charge is 0.416 e. The van der Waals surface area contributed by atoms with Crippen molar-refractivity contribution in [3.63, 3.8) is 0 Å². The minimum atomic E-state index is -4.49. The molecule has 0 amide bonds. The number of fused-ring (bicyclic) bond motifs is 3. The van der Waals surface area contributed by atoms with Crippen LogP contribution in [0.4, 0.5) is 13.2 Å². The third kappa shape index (κ3) is 2.74. The number of hydrazone groups is 1. The predicted octanol–water partition coefficient (Wildman–Crippen LogP) is 4.15. The summed E-state index contributed by atoms with van der Waals surface area (Å²) < 4.78 is 57.7. The van der Waals surface area contributed by atoms with Gasteiger partial charge in [-0.15, -0.1) is 11.3 Å². The van der Waals surface area contributed by atoms with Gasteiger partial charge in [-0.2, -0.15) is 18.3 Å². The van der Waals surface area contributed by atoms with Gasteiger partial charge in [0.15, 0.2) is 0 Å². The second kappa shape index (κ2) is 5.99. The van der Waals surface area contributed by atoms with Crippen LogP contribution in [0.3, 0.4) is 0 Å². The van der Waals surface area contributed by atoms with Gasteiger partial charge in [-0.25, -0.2) is 4.78 Å². The van der Waals surface area contributed by atoms with E-state index in [1.54, 1.807) is 12.1 Å². The van der Waals surface area contributed by atoms with Gasteiger partial charge in [0.2, 0.25) is 0 Å². The summed E-state index contributed by atoms with van der Waals surface area (Å²) in [5, 5.41) is 4.24. The summed E-state index contributed by atoms with van der Waals surface area (Å²) in [6, 6.07) is 6.64. The van der Waals surface area contributed by atoms with Crippen molar-refractivity contribution in [2.75, 3.05) is 13.2 Å². The predicted molar refractivity (Wildman–Crippen MR) is 92.4 cm³/mol. The summed E-state index contributed by atoms with van der Waals surface area (Å²) in [5.74, 6) is 0.0521. The molecule has 2 aliphatic rings. The highest BCUT2D eigenvalue weighted by Crippen LogP contribution is 2.48. The van der Waals surface area contributed by atoms with Crippen molar-refractivity contribution in [2.45, 2.75) is 11.6 Å². The van der Waals surface area contributed by atoms with Crippen molar-refractivity contribution in [2.24, 2.45) is 5.10 Å². The van der Waals surface area contributed by atoms with Crippen molar-refractivity contribution in [3.8, 4) is 5.75 Å². The van der Waals surface area contributed by atoms with Gasteiger partial charge in [0.25, 0.3) is 8.18 Å². The van der Waals surface area contributed by atoms with Crippen LogP contribution < -0.4 is 4.74 Å². The molecular weight excluding hydrogens is 412 g/mol. The number of ether oxygens (including phenoxy) is 1. The molecule has 3 heterocycles. The lowest BCUT2D eigenvalue weighted by atomic mass is 9.77. The van der Waals surface area contributed by atoms with Crippen molar-refractivity contribution in [1.29, 1.82) is 0 Å². The second-order valence-corrected chi connectivity index (χ2v) is 8.77. The molecule has 0 spiro atoms. The first-order valence-electron chi connectivity index (χ1n) is 7.40. The van der Waals surface area contributed by atoms with Crippen LogP contribution in [-0.2, 0) is 16.2 Å². The first-order valence-corrected chi connectivity index (χ1v) is 9.90. The summed E-state index contributed by atoms with van der Waals surface area (Å²) >= 11 is 7.31. The molecule has 0 saturated heterocycles. The largest absolute Gasteiger partial charge is 0.491 e. The first-order chi connectivity index (χ1) is 12.2. The number of alkyl halides is 3. The van der Waals surface area contributed by atoms with Crippen LogP contribution in [0.25, 0.3) is 0 Å². The van der Waals surface area contributed by atoms with Gasteiger partial charge in [-0.3, -0.25) is 4.57 Å². The van der Waals surface area contributed by atoms with E-state index in [2.05, 4.69) is 5.10 Å². The number of nitrogens with zero attached hydrogens (tertiary/aromatic N) is 2. The minimum absolute atomic E-state index is 0.00261. The van der Waals surface area contributed by atoms with Crippen molar-refractivity contribution >= 4 is 36.8 Å². The average Bonchev–Trinajstić information content (AvgIpc) is 3.18. The first kappa shape index (κ1) is 17.9. The standard InChI is InChI=1S/C15H11ClF3N2O3PS/c16-12-4-3-11(26-12)14-6-21(25(22)23)20-13(14)9-2-1-8(15(17,18)19)5-10(9)24-7-14/h1-5,25H,6-7H2,(H,22,23). The highest BCUT2D eigenvalue weighted by molar-refractivity contribution is 7.35.